The third kappa shape index (κ3) is 2.93. The molecule has 2 aromatic rings. The first kappa shape index (κ1) is 12.3. The van der Waals surface area contributed by atoms with Crippen molar-refractivity contribution in [2.24, 2.45) is 0 Å². The summed E-state index contributed by atoms with van der Waals surface area (Å²) in [6.07, 6.45) is 0. The smallest absolute Gasteiger partial charge is 0.128 e. The van der Waals surface area contributed by atoms with Crippen LogP contribution in [0, 0.1) is 12.7 Å². The Balaban J connectivity index is 2.30. The molecule has 0 spiro atoms. The quantitative estimate of drug-likeness (QED) is 0.810. The van der Waals surface area contributed by atoms with Crippen LogP contribution in [0.1, 0.15) is 5.56 Å². The van der Waals surface area contributed by atoms with Gasteiger partial charge in [0.15, 0.2) is 0 Å². The van der Waals surface area contributed by atoms with Crippen LogP contribution in [0.4, 0.5) is 10.1 Å². The van der Waals surface area contributed by atoms with Crippen molar-refractivity contribution in [3.8, 4) is 0 Å². The highest BCUT2D eigenvalue weighted by molar-refractivity contribution is 7.99. The van der Waals surface area contributed by atoms with E-state index < -0.39 is 0 Å². The van der Waals surface area contributed by atoms with Gasteiger partial charge in [-0.1, -0.05) is 23.4 Å². The number of hydrogen-bond acceptors (Lipinski definition) is 2. The van der Waals surface area contributed by atoms with Crippen molar-refractivity contribution in [1.29, 1.82) is 0 Å². The highest BCUT2D eigenvalue weighted by Crippen LogP contribution is 2.33. The second-order valence-corrected chi connectivity index (χ2v) is 5.25. The van der Waals surface area contributed by atoms with Gasteiger partial charge < -0.3 is 5.73 Å². The van der Waals surface area contributed by atoms with Gasteiger partial charge in [-0.3, -0.25) is 0 Å². The van der Waals surface area contributed by atoms with Crippen LogP contribution in [0.25, 0.3) is 0 Å². The molecule has 1 nitrogen and oxygen atoms in total. The number of hydrogen-bond donors (Lipinski definition) is 1. The van der Waals surface area contributed by atoms with E-state index >= 15 is 0 Å². The van der Waals surface area contributed by atoms with Gasteiger partial charge >= 0.3 is 0 Å². The van der Waals surface area contributed by atoms with E-state index in [2.05, 4.69) is 0 Å². The largest absolute Gasteiger partial charge is 0.398 e. The van der Waals surface area contributed by atoms with Crippen LogP contribution in [0.5, 0.6) is 0 Å². The maximum Gasteiger partial charge on any atom is 0.128 e. The molecule has 4 heteroatoms. The van der Waals surface area contributed by atoms with E-state index in [0.717, 1.165) is 9.79 Å². The Kier molecular flexibility index (Phi) is 3.60. The maximum atomic E-state index is 13.2. The van der Waals surface area contributed by atoms with E-state index in [1.54, 1.807) is 13.0 Å². The minimum Gasteiger partial charge on any atom is -0.398 e. The minimum absolute atomic E-state index is 0.275. The highest BCUT2D eigenvalue weighted by Gasteiger charge is 2.06. The number of rotatable bonds is 2. The molecule has 0 amide bonds. The second kappa shape index (κ2) is 4.98. The molecule has 0 saturated carbocycles. The van der Waals surface area contributed by atoms with E-state index in [1.807, 2.05) is 24.3 Å². The molecule has 2 N–H and O–H groups in total. The van der Waals surface area contributed by atoms with Crippen molar-refractivity contribution in [2.75, 3.05) is 5.73 Å². The Morgan fingerprint density at radius 3 is 2.47 bits per heavy atom. The summed E-state index contributed by atoms with van der Waals surface area (Å²) in [5.74, 6) is -0.275. The summed E-state index contributed by atoms with van der Waals surface area (Å²) in [4.78, 5) is 1.87. The monoisotopic (exact) mass is 267 g/mol. The van der Waals surface area contributed by atoms with Crippen molar-refractivity contribution in [3.05, 3.63) is 52.8 Å². The van der Waals surface area contributed by atoms with E-state index in [-0.39, 0.29) is 5.82 Å². The van der Waals surface area contributed by atoms with Gasteiger partial charge in [0.1, 0.15) is 5.82 Å². The maximum absolute atomic E-state index is 13.2. The zero-order chi connectivity index (χ0) is 12.4. The van der Waals surface area contributed by atoms with Crippen LogP contribution in [-0.2, 0) is 0 Å². The third-order valence-electron chi connectivity index (χ3n) is 2.33. The average molecular weight is 268 g/mol. The third-order valence-corrected chi connectivity index (χ3v) is 3.67. The molecule has 0 aliphatic carbocycles. The normalized spacial score (nSPS) is 10.5. The highest BCUT2D eigenvalue weighted by atomic mass is 35.5. The predicted octanol–water partition coefficient (Wildman–Crippen LogP) is 4.52. The Morgan fingerprint density at radius 1 is 1.18 bits per heavy atom. The topological polar surface area (TPSA) is 26.0 Å². The van der Waals surface area contributed by atoms with Crippen molar-refractivity contribution in [2.45, 2.75) is 16.7 Å². The standard InChI is InChI=1S/C13H11ClFNS/c1-8-6-13(12(16)7-11(8)15)17-10-4-2-9(14)3-5-10/h2-7H,16H2,1H3. The Hall–Kier alpha value is -1.19. The van der Waals surface area contributed by atoms with Crippen LogP contribution in [0.2, 0.25) is 5.02 Å². The van der Waals surface area contributed by atoms with Crippen molar-refractivity contribution in [1.82, 2.24) is 0 Å². The van der Waals surface area contributed by atoms with Crippen molar-refractivity contribution in [3.63, 3.8) is 0 Å². The molecule has 0 atom stereocenters. The van der Waals surface area contributed by atoms with Crippen molar-refractivity contribution >= 4 is 29.1 Å². The minimum atomic E-state index is -0.275. The summed E-state index contributed by atoms with van der Waals surface area (Å²) in [6, 6.07) is 10.6. The van der Waals surface area contributed by atoms with Gasteiger partial charge in [0.25, 0.3) is 0 Å². The lowest BCUT2D eigenvalue weighted by molar-refractivity contribution is 0.618. The zero-order valence-corrected chi connectivity index (χ0v) is 10.8. The second-order valence-electron chi connectivity index (χ2n) is 3.70. The van der Waals surface area contributed by atoms with Crippen LogP contribution >= 0.6 is 23.4 Å². The lowest BCUT2D eigenvalue weighted by atomic mass is 10.2. The molecule has 17 heavy (non-hydrogen) atoms. The molecule has 2 aromatic carbocycles. The molecule has 0 unspecified atom stereocenters. The van der Waals surface area contributed by atoms with Gasteiger partial charge in [-0.15, -0.1) is 0 Å². The van der Waals surface area contributed by atoms with Gasteiger partial charge in [0, 0.05) is 20.5 Å². The fraction of sp³-hybridized carbons (Fsp3) is 0.0769. The molecular formula is C13H11ClFNS. The molecule has 0 heterocycles. The summed E-state index contributed by atoms with van der Waals surface area (Å²) in [7, 11) is 0. The fourth-order valence-electron chi connectivity index (χ4n) is 1.39. The van der Waals surface area contributed by atoms with Gasteiger partial charge in [-0.05, 0) is 48.9 Å². The van der Waals surface area contributed by atoms with Gasteiger partial charge in [0.2, 0.25) is 0 Å². The molecule has 88 valence electrons. The average Bonchev–Trinajstić information content (AvgIpc) is 2.29. The fourth-order valence-corrected chi connectivity index (χ4v) is 2.45. The first-order chi connectivity index (χ1) is 8.06. The molecule has 0 aliphatic heterocycles. The molecule has 0 bridgehead atoms. The SMILES string of the molecule is Cc1cc(Sc2ccc(Cl)cc2)c(N)cc1F. The lowest BCUT2D eigenvalue weighted by Crippen LogP contribution is -1.92. The van der Waals surface area contributed by atoms with E-state index in [9.17, 15) is 4.39 Å². The Morgan fingerprint density at radius 2 is 1.82 bits per heavy atom. The molecular weight excluding hydrogens is 257 g/mol. The molecule has 0 aliphatic rings. The molecule has 0 aromatic heterocycles. The van der Waals surface area contributed by atoms with Crippen LogP contribution in [-0.4, -0.2) is 0 Å². The number of anilines is 1. The summed E-state index contributed by atoms with van der Waals surface area (Å²) in [6.45, 7) is 1.72. The molecule has 0 fully saturated rings. The molecule has 2 rings (SSSR count). The van der Waals surface area contributed by atoms with Crippen LogP contribution in [0.3, 0.4) is 0 Å². The van der Waals surface area contributed by atoms with Crippen molar-refractivity contribution < 1.29 is 4.39 Å². The zero-order valence-electron chi connectivity index (χ0n) is 9.21. The summed E-state index contributed by atoms with van der Waals surface area (Å²) in [5.41, 5.74) is 6.83. The van der Waals surface area contributed by atoms with E-state index in [0.29, 0.717) is 16.3 Å². The Labute approximate surface area is 109 Å². The summed E-state index contributed by atoms with van der Waals surface area (Å²) < 4.78 is 13.2. The van der Waals surface area contributed by atoms with Gasteiger partial charge in [0.05, 0.1) is 0 Å². The van der Waals surface area contributed by atoms with Gasteiger partial charge in [-0.2, -0.15) is 0 Å². The molecule has 0 radical (unpaired) electrons. The van der Waals surface area contributed by atoms with E-state index in [1.165, 1.54) is 17.8 Å². The summed E-state index contributed by atoms with van der Waals surface area (Å²) in [5, 5.41) is 0.692. The van der Waals surface area contributed by atoms with E-state index in [4.69, 9.17) is 17.3 Å². The lowest BCUT2D eigenvalue weighted by Gasteiger charge is -2.07. The number of benzene rings is 2. The number of nitrogen functional groups attached to an aromatic ring is 1. The number of nitrogens with two attached hydrogens (primary N) is 1. The first-order valence-electron chi connectivity index (χ1n) is 5.05. The van der Waals surface area contributed by atoms with Crippen LogP contribution < -0.4 is 5.73 Å². The van der Waals surface area contributed by atoms with Crippen LogP contribution in [0.15, 0.2) is 46.2 Å². The van der Waals surface area contributed by atoms with Gasteiger partial charge in [-0.25, -0.2) is 4.39 Å². The predicted molar refractivity (Wildman–Crippen MR) is 71.1 cm³/mol. The first-order valence-corrected chi connectivity index (χ1v) is 6.25. The summed E-state index contributed by atoms with van der Waals surface area (Å²) >= 11 is 7.30. The Bertz CT molecular complexity index is 540. The number of aryl methyl sites for hydroxylation is 1. The number of halogens is 2. The molecule has 0 saturated heterocycles.